The number of hydrogen-bond acceptors (Lipinski definition) is 5. The second kappa shape index (κ2) is 7.96. The maximum absolute atomic E-state index is 12.4. The van der Waals surface area contributed by atoms with Crippen molar-refractivity contribution in [2.45, 2.75) is 13.0 Å². The van der Waals surface area contributed by atoms with Gasteiger partial charge in [0.05, 0.1) is 37.9 Å². The van der Waals surface area contributed by atoms with E-state index in [1.807, 2.05) is 19.1 Å². The molecule has 1 fully saturated rings. The van der Waals surface area contributed by atoms with Gasteiger partial charge in [0.2, 0.25) is 15.9 Å². The Morgan fingerprint density at radius 1 is 1.25 bits per heavy atom. The van der Waals surface area contributed by atoms with E-state index in [1.165, 1.54) is 4.90 Å². The van der Waals surface area contributed by atoms with Gasteiger partial charge >= 0.3 is 0 Å². The molecule has 8 heteroatoms. The molecule has 0 radical (unpaired) electrons. The maximum Gasteiger partial charge on any atom is 0.243 e. The molecule has 7 nitrogen and oxygen atoms in total. The van der Waals surface area contributed by atoms with Crippen molar-refractivity contribution in [2.24, 2.45) is 0 Å². The van der Waals surface area contributed by atoms with E-state index >= 15 is 0 Å². The molecule has 1 aromatic carbocycles. The second-order valence-electron chi connectivity index (χ2n) is 5.95. The molecule has 1 aromatic rings. The van der Waals surface area contributed by atoms with Crippen molar-refractivity contribution < 1.29 is 22.7 Å². The first kappa shape index (κ1) is 18.7. The Morgan fingerprint density at radius 2 is 1.92 bits per heavy atom. The Kier molecular flexibility index (Phi) is 6.20. The third-order valence-corrected chi connectivity index (χ3v) is 4.93. The summed E-state index contributed by atoms with van der Waals surface area (Å²) >= 11 is 0. The van der Waals surface area contributed by atoms with Gasteiger partial charge in [0.15, 0.2) is 0 Å². The molecule has 0 aliphatic carbocycles. The quantitative estimate of drug-likeness (QED) is 0.747. The molecule has 1 heterocycles. The van der Waals surface area contributed by atoms with Gasteiger partial charge in [-0.2, -0.15) is 0 Å². The minimum Gasteiger partial charge on any atom is -0.376 e. The highest BCUT2D eigenvalue weighted by Crippen LogP contribution is 2.18. The molecule has 0 aromatic heterocycles. The molecule has 0 bridgehead atoms. The van der Waals surface area contributed by atoms with Crippen LogP contribution >= 0.6 is 0 Å². The largest absolute Gasteiger partial charge is 0.376 e. The van der Waals surface area contributed by atoms with Crippen molar-refractivity contribution in [3.05, 3.63) is 29.8 Å². The molecular formula is C16H24N2O5S. The van der Waals surface area contributed by atoms with Crippen LogP contribution in [0.25, 0.3) is 0 Å². The summed E-state index contributed by atoms with van der Waals surface area (Å²) in [4.78, 5) is 13.9. The topological polar surface area (TPSA) is 76.2 Å². The van der Waals surface area contributed by atoms with E-state index in [1.54, 1.807) is 19.2 Å². The molecule has 1 saturated heterocycles. The molecule has 2 rings (SSSR count). The minimum atomic E-state index is -3.56. The number of anilines is 1. The molecule has 1 unspecified atom stereocenters. The van der Waals surface area contributed by atoms with Crippen molar-refractivity contribution in [3.8, 4) is 0 Å². The van der Waals surface area contributed by atoms with Gasteiger partial charge in [-0.05, 0) is 19.1 Å². The first-order valence-corrected chi connectivity index (χ1v) is 9.60. The van der Waals surface area contributed by atoms with E-state index in [9.17, 15) is 13.2 Å². The van der Waals surface area contributed by atoms with Crippen molar-refractivity contribution >= 4 is 21.6 Å². The fourth-order valence-corrected chi connectivity index (χ4v) is 3.25. The molecule has 0 N–H and O–H groups in total. The molecule has 1 aliphatic heterocycles. The van der Waals surface area contributed by atoms with Gasteiger partial charge in [-0.25, -0.2) is 8.42 Å². The first-order valence-electron chi connectivity index (χ1n) is 7.75. The molecular weight excluding hydrogens is 332 g/mol. The van der Waals surface area contributed by atoms with Gasteiger partial charge in [-0.3, -0.25) is 9.10 Å². The lowest BCUT2D eigenvalue weighted by Crippen LogP contribution is -2.45. The van der Waals surface area contributed by atoms with Crippen LogP contribution in [0.1, 0.15) is 5.56 Å². The average molecular weight is 356 g/mol. The number of rotatable bonds is 6. The van der Waals surface area contributed by atoms with Crippen LogP contribution < -0.4 is 4.31 Å². The van der Waals surface area contributed by atoms with Crippen LogP contribution in [0, 0.1) is 6.92 Å². The van der Waals surface area contributed by atoms with E-state index < -0.39 is 10.0 Å². The Balaban J connectivity index is 2.05. The molecule has 1 amide bonds. The number of ether oxygens (including phenoxy) is 2. The normalized spacial score (nSPS) is 18.2. The first-order chi connectivity index (χ1) is 11.3. The van der Waals surface area contributed by atoms with Crippen molar-refractivity contribution in [1.82, 2.24) is 4.90 Å². The standard InChI is InChI=1S/C16H24N2O5S/c1-13-4-6-14(7-5-13)18(24(3,20)21)11-16(19)17(2)10-15-12-22-8-9-23-15/h4-7,15H,8-12H2,1-3H3. The Bertz CT molecular complexity index is 654. The third-order valence-electron chi connectivity index (χ3n) is 3.79. The number of aryl methyl sites for hydroxylation is 1. The highest BCUT2D eigenvalue weighted by atomic mass is 32.2. The predicted molar refractivity (Wildman–Crippen MR) is 91.6 cm³/mol. The van der Waals surface area contributed by atoms with Crippen LogP contribution in [0.5, 0.6) is 0 Å². The summed E-state index contributed by atoms with van der Waals surface area (Å²) in [6.45, 7) is 3.54. The van der Waals surface area contributed by atoms with E-state index in [2.05, 4.69) is 0 Å². The van der Waals surface area contributed by atoms with E-state index in [4.69, 9.17) is 9.47 Å². The SMILES string of the molecule is Cc1ccc(N(CC(=O)N(C)CC2COCCO2)S(C)(=O)=O)cc1. The van der Waals surface area contributed by atoms with E-state index in [-0.39, 0.29) is 18.6 Å². The molecule has 0 spiro atoms. The third kappa shape index (κ3) is 5.19. The minimum absolute atomic E-state index is 0.182. The molecule has 1 aliphatic rings. The number of sulfonamides is 1. The highest BCUT2D eigenvalue weighted by Gasteiger charge is 2.25. The summed E-state index contributed by atoms with van der Waals surface area (Å²) in [6.07, 6.45) is 0.914. The van der Waals surface area contributed by atoms with Gasteiger partial charge in [-0.1, -0.05) is 17.7 Å². The fraction of sp³-hybridized carbons (Fsp3) is 0.562. The lowest BCUT2D eigenvalue weighted by atomic mass is 10.2. The number of amides is 1. The zero-order chi connectivity index (χ0) is 17.7. The van der Waals surface area contributed by atoms with Gasteiger partial charge in [0.25, 0.3) is 0 Å². The Morgan fingerprint density at radius 3 is 2.46 bits per heavy atom. The van der Waals surface area contributed by atoms with Gasteiger partial charge in [0.1, 0.15) is 6.54 Å². The van der Waals surface area contributed by atoms with Crippen molar-refractivity contribution in [2.75, 3.05) is 50.5 Å². The number of nitrogens with zero attached hydrogens (tertiary/aromatic N) is 2. The number of hydrogen-bond donors (Lipinski definition) is 0. The molecule has 0 saturated carbocycles. The number of likely N-dealkylation sites (N-methyl/N-ethyl adjacent to an activating group) is 1. The summed E-state index contributed by atoms with van der Waals surface area (Å²) in [5, 5.41) is 0. The summed E-state index contributed by atoms with van der Waals surface area (Å²) in [5.74, 6) is -0.296. The zero-order valence-corrected chi connectivity index (χ0v) is 15.1. The van der Waals surface area contributed by atoms with E-state index in [0.29, 0.717) is 32.1 Å². The van der Waals surface area contributed by atoms with Crippen LogP contribution in [-0.2, 0) is 24.3 Å². The monoisotopic (exact) mass is 356 g/mol. The number of carbonyl (C=O) groups is 1. The lowest BCUT2D eigenvalue weighted by molar-refractivity contribution is -0.134. The molecule has 24 heavy (non-hydrogen) atoms. The van der Waals surface area contributed by atoms with E-state index in [0.717, 1.165) is 16.1 Å². The summed E-state index contributed by atoms with van der Waals surface area (Å²) in [5.41, 5.74) is 1.49. The van der Waals surface area contributed by atoms with Crippen molar-refractivity contribution in [1.29, 1.82) is 0 Å². The van der Waals surface area contributed by atoms with Gasteiger partial charge in [-0.15, -0.1) is 0 Å². The van der Waals surface area contributed by atoms with Crippen LogP contribution in [0.2, 0.25) is 0 Å². The smallest absolute Gasteiger partial charge is 0.243 e. The van der Waals surface area contributed by atoms with Crippen molar-refractivity contribution in [3.63, 3.8) is 0 Å². The number of benzene rings is 1. The molecule has 134 valence electrons. The maximum atomic E-state index is 12.4. The Hall–Kier alpha value is -1.64. The van der Waals surface area contributed by atoms with Crippen LogP contribution in [0.15, 0.2) is 24.3 Å². The van der Waals surface area contributed by atoms with Gasteiger partial charge < -0.3 is 14.4 Å². The zero-order valence-electron chi connectivity index (χ0n) is 14.3. The summed E-state index contributed by atoms with van der Waals surface area (Å²) < 4.78 is 36.1. The molecule has 1 atom stereocenters. The van der Waals surface area contributed by atoms with Crippen LogP contribution in [0.4, 0.5) is 5.69 Å². The number of carbonyl (C=O) groups excluding carboxylic acids is 1. The lowest BCUT2D eigenvalue weighted by Gasteiger charge is -2.29. The van der Waals surface area contributed by atoms with Crippen LogP contribution in [-0.4, -0.2) is 71.5 Å². The summed E-state index contributed by atoms with van der Waals surface area (Å²) in [7, 11) is -1.93. The van der Waals surface area contributed by atoms with Gasteiger partial charge in [0, 0.05) is 13.6 Å². The summed E-state index contributed by atoms with van der Waals surface area (Å²) in [6, 6.07) is 7.02. The highest BCUT2D eigenvalue weighted by molar-refractivity contribution is 7.92. The van der Waals surface area contributed by atoms with Crippen LogP contribution in [0.3, 0.4) is 0 Å². The fourth-order valence-electron chi connectivity index (χ4n) is 2.40. The predicted octanol–water partition coefficient (Wildman–Crippen LogP) is 0.635. The Labute approximate surface area is 143 Å². The second-order valence-corrected chi connectivity index (χ2v) is 7.85. The average Bonchev–Trinajstić information content (AvgIpc) is 2.53.